The topological polar surface area (TPSA) is 78.8 Å². The molecule has 198 valence electrons. The second-order valence-electron chi connectivity index (χ2n) is 8.95. The Balaban J connectivity index is 0.000000279. The fraction of sp³-hybridized carbons (Fsp3) is 0.219. The number of halogens is 1. The SMILES string of the molecule is CNC(C)C(O)c1ccccc1.O=C(O)C[C@H](c1ccccc1)c1cc(Br)ccc1OCc1ccccc1. The van der Waals surface area contributed by atoms with Gasteiger partial charge in [0.15, 0.2) is 0 Å². The minimum absolute atomic E-state index is 0.00215. The number of carboxylic acids is 1. The fourth-order valence-electron chi connectivity index (χ4n) is 4.02. The van der Waals surface area contributed by atoms with E-state index in [1.165, 1.54) is 0 Å². The van der Waals surface area contributed by atoms with Gasteiger partial charge in [-0.15, -0.1) is 0 Å². The van der Waals surface area contributed by atoms with Gasteiger partial charge in [0.2, 0.25) is 0 Å². The Kier molecular flexibility index (Phi) is 11.6. The number of benzene rings is 4. The van der Waals surface area contributed by atoms with Gasteiger partial charge in [-0.2, -0.15) is 0 Å². The van der Waals surface area contributed by atoms with Crippen LogP contribution in [-0.2, 0) is 11.4 Å². The van der Waals surface area contributed by atoms with Crippen LogP contribution in [-0.4, -0.2) is 29.3 Å². The summed E-state index contributed by atoms with van der Waals surface area (Å²) in [5, 5.41) is 22.2. The molecule has 0 spiro atoms. The molecule has 0 radical (unpaired) electrons. The predicted octanol–water partition coefficient (Wildman–Crippen LogP) is 6.96. The van der Waals surface area contributed by atoms with Crippen LogP contribution in [0.25, 0.3) is 0 Å². The maximum absolute atomic E-state index is 11.5. The van der Waals surface area contributed by atoms with Crippen molar-refractivity contribution < 1.29 is 19.7 Å². The molecule has 0 aliphatic heterocycles. The zero-order valence-electron chi connectivity index (χ0n) is 21.6. The molecule has 0 aliphatic carbocycles. The Hall–Kier alpha value is -3.45. The lowest BCUT2D eigenvalue weighted by Crippen LogP contribution is -2.28. The molecule has 5 nitrogen and oxygen atoms in total. The highest BCUT2D eigenvalue weighted by molar-refractivity contribution is 9.10. The molecule has 4 aromatic carbocycles. The maximum Gasteiger partial charge on any atom is 0.304 e. The van der Waals surface area contributed by atoms with E-state index in [9.17, 15) is 15.0 Å². The van der Waals surface area contributed by atoms with Crippen LogP contribution in [0.4, 0.5) is 0 Å². The van der Waals surface area contributed by atoms with Crippen molar-refractivity contribution >= 4 is 21.9 Å². The quantitative estimate of drug-likeness (QED) is 0.190. The second-order valence-corrected chi connectivity index (χ2v) is 9.87. The molecule has 0 fully saturated rings. The van der Waals surface area contributed by atoms with Gasteiger partial charge in [-0.1, -0.05) is 107 Å². The summed E-state index contributed by atoms with van der Waals surface area (Å²) in [6, 6.07) is 35.1. The van der Waals surface area contributed by atoms with Crippen molar-refractivity contribution in [1.82, 2.24) is 5.32 Å². The number of carbonyl (C=O) groups is 1. The molecule has 0 aromatic heterocycles. The molecule has 0 heterocycles. The van der Waals surface area contributed by atoms with Crippen molar-refractivity contribution in [1.29, 1.82) is 0 Å². The third-order valence-corrected chi connectivity index (χ3v) is 6.73. The van der Waals surface area contributed by atoms with Gasteiger partial charge in [0, 0.05) is 22.0 Å². The molecule has 0 saturated carbocycles. The molecule has 0 aliphatic rings. The molecule has 38 heavy (non-hydrogen) atoms. The van der Waals surface area contributed by atoms with Gasteiger partial charge in [0.1, 0.15) is 12.4 Å². The van der Waals surface area contributed by atoms with Crippen LogP contribution in [0.3, 0.4) is 0 Å². The van der Waals surface area contributed by atoms with Gasteiger partial charge in [0.25, 0.3) is 0 Å². The number of likely N-dealkylation sites (N-methyl/N-ethyl adjacent to an activating group) is 1. The first-order chi connectivity index (χ1) is 18.4. The minimum Gasteiger partial charge on any atom is -0.489 e. The smallest absolute Gasteiger partial charge is 0.304 e. The number of aliphatic carboxylic acids is 1. The van der Waals surface area contributed by atoms with E-state index >= 15 is 0 Å². The summed E-state index contributed by atoms with van der Waals surface area (Å²) in [6.45, 7) is 2.39. The molecule has 0 amide bonds. The van der Waals surface area contributed by atoms with Crippen molar-refractivity contribution in [3.05, 3.63) is 136 Å². The van der Waals surface area contributed by atoms with Crippen molar-refractivity contribution in [3.8, 4) is 5.75 Å². The summed E-state index contributed by atoms with van der Waals surface area (Å²) in [4.78, 5) is 11.5. The Bertz CT molecular complexity index is 1250. The molecule has 3 N–H and O–H groups in total. The highest BCUT2D eigenvalue weighted by atomic mass is 79.9. The monoisotopic (exact) mass is 575 g/mol. The van der Waals surface area contributed by atoms with E-state index in [1.54, 1.807) is 0 Å². The summed E-state index contributed by atoms with van der Waals surface area (Å²) in [6.07, 6.45) is -0.418. The summed E-state index contributed by atoms with van der Waals surface area (Å²) < 4.78 is 6.94. The van der Waals surface area contributed by atoms with E-state index in [1.807, 2.05) is 123 Å². The normalized spacial score (nSPS) is 12.9. The third-order valence-electron chi connectivity index (χ3n) is 6.24. The minimum atomic E-state index is -0.840. The Morgan fingerprint density at radius 2 is 1.42 bits per heavy atom. The average molecular weight is 577 g/mol. The first kappa shape index (κ1) is 29.1. The van der Waals surface area contributed by atoms with Crippen molar-refractivity contribution in [3.63, 3.8) is 0 Å². The van der Waals surface area contributed by atoms with Gasteiger partial charge in [0.05, 0.1) is 12.5 Å². The standard InChI is InChI=1S/C22H19BrO3.C10H15NO/c23-18-11-12-21(26-15-16-7-3-1-4-8-16)20(13-18)19(14-22(24)25)17-9-5-2-6-10-17;1-8(11-2)10(12)9-6-4-3-5-7-9/h1-13,19H,14-15H2,(H,24,25);3-8,10-12H,1-2H3/t19-;/m1./s1. The van der Waals surface area contributed by atoms with E-state index in [2.05, 4.69) is 21.2 Å². The van der Waals surface area contributed by atoms with E-state index in [0.29, 0.717) is 12.4 Å². The van der Waals surface area contributed by atoms with Crippen LogP contribution >= 0.6 is 15.9 Å². The average Bonchev–Trinajstić information content (AvgIpc) is 2.96. The number of hydrogen-bond acceptors (Lipinski definition) is 4. The first-order valence-corrected chi connectivity index (χ1v) is 13.3. The molecule has 2 unspecified atom stereocenters. The Labute approximate surface area is 233 Å². The summed E-state index contributed by atoms with van der Waals surface area (Å²) in [5.41, 5.74) is 3.84. The fourth-order valence-corrected chi connectivity index (χ4v) is 4.40. The third kappa shape index (κ3) is 8.84. The van der Waals surface area contributed by atoms with Crippen LogP contribution < -0.4 is 10.1 Å². The van der Waals surface area contributed by atoms with Crippen molar-refractivity contribution in [2.75, 3.05) is 7.05 Å². The molecule has 0 bridgehead atoms. The number of ether oxygens (including phenoxy) is 1. The van der Waals surface area contributed by atoms with Gasteiger partial charge in [-0.25, -0.2) is 0 Å². The van der Waals surface area contributed by atoms with Crippen molar-refractivity contribution in [2.24, 2.45) is 0 Å². The van der Waals surface area contributed by atoms with Gasteiger partial charge >= 0.3 is 5.97 Å². The first-order valence-electron chi connectivity index (χ1n) is 12.5. The predicted molar refractivity (Wildman–Crippen MR) is 155 cm³/mol. The van der Waals surface area contributed by atoms with E-state index in [-0.39, 0.29) is 18.4 Å². The second kappa shape index (κ2) is 15.1. The zero-order valence-corrected chi connectivity index (χ0v) is 23.2. The lowest BCUT2D eigenvalue weighted by atomic mass is 9.88. The van der Waals surface area contributed by atoms with Crippen molar-refractivity contribution in [2.45, 2.75) is 38.0 Å². The van der Waals surface area contributed by atoms with Crippen LogP contribution in [0.15, 0.2) is 114 Å². The molecule has 4 rings (SSSR count). The van der Waals surface area contributed by atoms with E-state index in [4.69, 9.17) is 4.74 Å². The number of rotatable bonds is 10. The van der Waals surface area contributed by atoms with E-state index in [0.717, 1.165) is 26.7 Å². The van der Waals surface area contributed by atoms with Gasteiger partial charge < -0.3 is 20.3 Å². The molecule has 3 atom stereocenters. The van der Waals surface area contributed by atoms with Crippen LogP contribution in [0, 0.1) is 0 Å². The number of aliphatic hydroxyl groups is 1. The summed E-state index contributed by atoms with van der Waals surface area (Å²) in [5.74, 6) is -0.419. The summed E-state index contributed by atoms with van der Waals surface area (Å²) >= 11 is 3.50. The van der Waals surface area contributed by atoms with E-state index < -0.39 is 12.1 Å². The number of nitrogens with one attached hydrogen (secondary N) is 1. The van der Waals surface area contributed by atoms with Gasteiger partial charge in [-0.05, 0) is 48.9 Å². The highest BCUT2D eigenvalue weighted by Crippen LogP contribution is 2.36. The number of aliphatic hydroxyl groups excluding tert-OH is 1. The zero-order chi connectivity index (χ0) is 27.3. The molecular weight excluding hydrogens is 542 g/mol. The molecule has 4 aromatic rings. The van der Waals surface area contributed by atoms with Crippen LogP contribution in [0.1, 0.15) is 47.6 Å². The molecule has 0 saturated heterocycles. The maximum atomic E-state index is 11.5. The molecule has 6 heteroatoms. The summed E-state index contributed by atoms with van der Waals surface area (Å²) in [7, 11) is 1.84. The largest absolute Gasteiger partial charge is 0.489 e. The number of carboxylic acid groups (broad SMARTS) is 1. The lowest BCUT2D eigenvalue weighted by Gasteiger charge is -2.20. The van der Waals surface area contributed by atoms with Gasteiger partial charge in [-0.3, -0.25) is 4.79 Å². The Morgan fingerprint density at radius 1 is 0.868 bits per heavy atom. The Morgan fingerprint density at radius 3 is 1.97 bits per heavy atom. The number of hydrogen-bond donors (Lipinski definition) is 3. The molecular formula is C32H34BrNO4. The van der Waals surface area contributed by atoms with Crippen LogP contribution in [0.2, 0.25) is 0 Å². The lowest BCUT2D eigenvalue weighted by molar-refractivity contribution is -0.137. The highest BCUT2D eigenvalue weighted by Gasteiger charge is 2.22. The van der Waals surface area contributed by atoms with Crippen LogP contribution in [0.5, 0.6) is 5.75 Å².